The van der Waals surface area contributed by atoms with Gasteiger partial charge in [0.2, 0.25) is 11.5 Å². The molecule has 0 saturated heterocycles. The van der Waals surface area contributed by atoms with Crippen LogP contribution in [-0.4, -0.2) is 40.4 Å². The Bertz CT molecular complexity index is 1660. The summed E-state index contributed by atoms with van der Waals surface area (Å²) in [7, 11) is 0. The number of benzene rings is 2. The number of aliphatic hydroxyl groups is 1. The zero-order chi connectivity index (χ0) is 37.1. The smallest absolute Gasteiger partial charge is 0.210 e. The van der Waals surface area contributed by atoms with Gasteiger partial charge in [-0.2, -0.15) is 4.58 Å². The zero-order valence-corrected chi connectivity index (χ0v) is 33.9. The number of allylic oxidation sites excluding steroid dienone is 4. The van der Waals surface area contributed by atoms with Crippen molar-refractivity contribution in [3.63, 3.8) is 0 Å². The number of ketones is 1. The summed E-state index contributed by atoms with van der Waals surface area (Å²) in [4.78, 5) is 17.4. The van der Waals surface area contributed by atoms with Gasteiger partial charge in [0, 0.05) is 35.6 Å². The van der Waals surface area contributed by atoms with E-state index >= 15 is 0 Å². The molecule has 0 atom stereocenters. The second-order valence-corrected chi connectivity index (χ2v) is 16.9. The molecule has 0 unspecified atom stereocenters. The molecule has 0 amide bonds. The first-order chi connectivity index (χ1) is 25.2. The number of aliphatic hydroxyl groups excluding tert-OH is 1. The number of unbranched alkanes of at least 4 members (excludes halogenated alkanes) is 14. The lowest BCUT2D eigenvalue weighted by atomic mass is 9.78. The SMILES string of the molecule is CCCCCCCCCCN1/C(=C\C2=C(O)C(=C\C3=[N+](CCCCCCCCCC)c4ccc(OC(C)C)cc4C3(C)C)/C2=O)Sc2ccccc21. The average Bonchev–Trinajstić information content (AvgIpc) is 3.58. The van der Waals surface area contributed by atoms with Crippen LogP contribution in [0.3, 0.4) is 0 Å². The molecule has 0 radical (unpaired) electrons. The summed E-state index contributed by atoms with van der Waals surface area (Å²) in [5.41, 5.74) is 5.10. The topological polar surface area (TPSA) is 52.8 Å². The van der Waals surface area contributed by atoms with Gasteiger partial charge in [-0.15, -0.1) is 0 Å². The minimum atomic E-state index is -0.358. The van der Waals surface area contributed by atoms with Gasteiger partial charge < -0.3 is 14.7 Å². The molecule has 5 nitrogen and oxygen atoms in total. The van der Waals surface area contributed by atoms with E-state index in [1.54, 1.807) is 11.8 Å². The second-order valence-electron chi connectivity index (χ2n) is 15.8. The van der Waals surface area contributed by atoms with Crippen molar-refractivity contribution in [2.75, 3.05) is 18.0 Å². The number of hydrogen-bond donors (Lipinski definition) is 1. The Morgan fingerprint density at radius 2 is 1.44 bits per heavy atom. The molecule has 0 spiro atoms. The minimum Gasteiger partial charge on any atom is -0.506 e. The van der Waals surface area contributed by atoms with Crippen molar-refractivity contribution >= 4 is 34.6 Å². The largest absolute Gasteiger partial charge is 0.506 e. The fourth-order valence-electron chi connectivity index (χ4n) is 7.87. The predicted molar refractivity (Wildman–Crippen MR) is 221 cm³/mol. The van der Waals surface area contributed by atoms with Crippen LogP contribution in [-0.2, 0) is 10.2 Å². The maximum atomic E-state index is 13.9. The van der Waals surface area contributed by atoms with Gasteiger partial charge in [0.05, 0.1) is 33.4 Å². The van der Waals surface area contributed by atoms with Crippen molar-refractivity contribution in [2.24, 2.45) is 0 Å². The molecule has 0 saturated carbocycles. The van der Waals surface area contributed by atoms with Crippen molar-refractivity contribution in [3.8, 4) is 5.75 Å². The Morgan fingerprint density at radius 1 is 0.827 bits per heavy atom. The lowest BCUT2D eigenvalue weighted by molar-refractivity contribution is -0.438. The number of fused-ring (bicyclic) bond motifs is 2. The van der Waals surface area contributed by atoms with Gasteiger partial charge in [0.25, 0.3) is 0 Å². The number of ether oxygens (including phenoxy) is 1. The van der Waals surface area contributed by atoms with Crippen LogP contribution in [0.15, 0.2) is 81.4 Å². The second kappa shape index (κ2) is 19.2. The molecule has 0 aromatic heterocycles. The highest BCUT2D eigenvalue weighted by atomic mass is 32.2. The van der Waals surface area contributed by atoms with E-state index in [1.165, 1.54) is 112 Å². The average molecular weight is 726 g/mol. The summed E-state index contributed by atoms with van der Waals surface area (Å²) < 4.78 is 8.50. The van der Waals surface area contributed by atoms with E-state index in [0.717, 1.165) is 42.4 Å². The molecule has 5 rings (SSSR count). The molecule has 1 aliphatic carbocycles. The molecular formula is C46H65N2O3S+. The van der Waals surface area contributed by atoms with Gasteiger partial charge in [-0.25, -0.2) is 0 Å². The monoisotopic (exact) mass is 725 g/mol. The van der Waals surface area contributed by atoms with Crippen LogP contribution >= 0.6 is 11.8 Å². The maximum absolute atomic E-state index is 13.9. The maximum Gasteiger partial charge on any atom is 0.210 e. The Hall–Kier alpha value is -3.25. The van der Waals surface area contributed by atoms with Gasteiger partial charge in [0.1, 0.15) is 18.1 Å². The van der Waals surface area contributed by atoms with Crippen LogP contribution in [0.4, 0.5) is 11.4 Å². The van der Waals surface area contributed by atoms with E-state index in [0.29, 0.717) is 11.1 Å². The normalized spacial score (nSPS) is 17.9. The predicted octanol–water partition coefficient (Wildman–Crippen LogP) is 12.9. The van der Waals surface area contributed by atoms with Crippen molar-refractivity contribution in [3.05, 3.63) is 82.1 Å². The van der Waals surface area contributed by atoms with E-state index < -0.39 is 0 Å². The molecule has 2 aromatic carbocycles. The van der Waals surface area contributed by atoms with Crippen LogP contribution in [0.2, 0.25) is 0 Å². The van der Waals surface area contributed by atoms with Gasteiger partial charge >= 0.3 is 0 Å². The Morgan fingerprint density at radius 3 is 2.08 bits per heavy atom. The summed E-state index contributed by atoms with van der Waals surface area (Å²) >= 11 is 1.70. The first-order valence-electron chi connectivity index (χ1n) is 20.6. The van der Waals surface area contributed by atoms with Gasteiger partial charge in [-0.1, -0.05) is 121 Å². The molecule has 3 aliphatic rings. The van der Waals surface area contributed by atoms with Crippen molar-refractivity contribution < 1.29 is 19.2 Å². The summed E-state index contributed by atoms with van der Waals surface area (Å²) in [6.07, 6.45) is 24.3. The number of carbonyl (C=O) groups is 1. The molecule has 52 heavy (non-hydrogen) atoms. The van der Waals surface area contributed by atoms with Crippen LogP contribution in [0.25, 0.3) is 0 Å². The van der Waals surface area contributed by atoms with Crippen molar-refractivity contribution in [2.45, 2.75) is 161 Å². The first kappa shape index (κ1) is 39.9. The lowest BCUT2D eigenvalue weighted by Gasteiger charge is -2.24. The summed E-state index contributed by atoms with van der Waals surface area (Å²) in [5, 5.41) is 12.5. The highest BCUT2D eigenvalue weighted by Crippen LogP contribution is 2.48. The third-order valence-electron chi connectivity index (χ3n) is 10.9. The van der Waals surface area contributed by atoms with Crippen molar-refractivity contribution in [1.29, 1.82) is 0 Å². The third-order valence-corrected chi connectivity index (χ3v) is 12.0. The van der Waals surface area contributed by atoms with E-state index in [2.05, 4.69) is 93.5 Å². The Labute approximate surface area is 319 Å². The number of anilines is 1. The number of thioether (sulfide) groups is 1. The number of Topliss-reactive ketones (excluding diaryl/α,β-unsaturated/α-hetero) is 1. The highest BCUT2D eigenvalue weighted by molar-refractivity contribution is 8.03. The molecule has 6 heteroatoms. The molecule has 2 heterocycles. The van der Waals surface area contributed by atoms with Crippen molar-refractivity contribution in [1.82, 2.24) is 0 Å². The number of hydrogen-bond acceptors (Lipinski definition) is 5. The number of carbonyl (C=O) groups excluding carboxylic acids is 1. The zero-order valence-electron chi connectivity index (χ0n) is 33.1. The van der Waals surface area contributed by atoms with Gasteiger partial charge in [-0.05, 0) is 70.9 Å². The lowest BCUT2D eigenvalue weighted by Crippen LogP contribution is -2.31. The summed E-state index contributed by atoms with van der Waals surface area (Å²) in [6, 6.07) is 14.9. The molecule has 1 N–H and O–H groups in total. The fourth-order valence-corrected chi connectivity index (χ4v) is 9.00. The first-order valence-corrected chi connectivity index (χ1v) is 21.4. The molecule has 0 bridgehead atoms. The van der Waals surface area contributed by atoms with E-state index in [9.17, 15) is 9.90 Å². The van der Waals surface area contributed by atoms with Crippen LogP contribution in [0, 0.1) is 0 Å². The molecular weight excluding hydrogens is 661 g/mol. The summed E-state index contributed by atoms with van der Waals surface area (Å²) in [6.45, 7) is 14.9. The Balaban J connectivity index is 1.35. The fraction of sp³-hybridized carbons (Fsp3) is 0.565. The number of nitrogens with zero attached hydrogens (tertiary/aromatic N) is 2. The van der Waals surface area contributed by atoms with E-state index in [1.807, 2.05) is 12.2 Å². The molecule has 0 fully saturated rings. The molecule has 2 aliphatic heterocycles. The number of rotatable bonds is 22. The standard InChI is InChI=1S/C46H64N2O3S/c1-7-9-11-13-15-17-19-23-29-47-39-28-27-35(51-34(3)4)31-38(39)46(5,6)42(47)32-36-44(49)37(45(36)50)33-43-48(40-25-21-22-26-41(40)52-43)30-24-20-18-16-14-12-10-8-2/h21-22,25-28,31-34H,7-20,23-24,29-30H2,1-6H3/p+1. The van der Waals surface area contributed by atoms with Gasteiger partial charge in [-0.3, -0.25) is 4.79 Å². The summed E-state index contributed by atoms with van der Waals surface area (Å²) in [5.74, 6) is 0.894. The minimum absolute atomic E-state index is 0.0799. The molecule has 2 aromatic rings. The molecule has 282 valence electrons. The van der Waals surface area contributed by atoms with E-state index in [4.69, 9.17) is 4.74 Å². The van der Waals surface area contributed by atoms with E-state index in [-0.39, 0.29) is 23.1 Å². The van der Waals surface area contributed by atoms with Crippen LogP contribution in [0.1, 0.15) is 150 Å². The highest BCUT2D eigenvalue weighted by Gasteiger charge is 2.46. The number of para-hydroxylation sites is 1. The van der Waals surface area contributed by atoms with Crippen LogP contribution in [0.5, 0.6) is 5.75 Å². The van der Waals surface area contributed by atoms with Gasteiger partial charge in [0.15, 0.2) is 5.71 Å². The van der Waals surface area contributed by atoms with Crippen LogP contribution < -0.4 is 9.64 Å². The Kier molecular flexibility index (Phi) is 14.7. The third kappa shape index (κ3) is 9.64. The quantitative estimate of drug-likeness (QED) is 0.0744.